The first kappa shape index (κ1) is 18.4. The third kappa shape index (κ3) is 4.30. The van der Waals surface area contributed by atoms with Crippen LogP contribution in [0.2, 0.25) is 0 Å². The van der Waals surface area contributed by atoms with E-state index in [2.05, 4.69) is 4.90 Å². The summed E-state index contributed by atoms with van der Waals surface area (Å²) >= 11 is 1.68. The highest BCUT2D eigenvalue weighted by Gasteiger charge is 2.46. The maximum Gasteiger partial charge on any atom is 0.164 e. The molecular weight excluding hydrogens is 380 g/mol. The minimum Gasteiger partial charge on any atom is -0.494 e. The van der Waals surface area contributed by atoms with Crippen LogP contribution in [0.5, 0.6) is 5.75 Å². The Balaban J connectivity index is 1.38. The summed E-state index contributed by atoms with van der Waals surface area (Å²) in [6.45, 7) is 0.650. The Bertz CT molecular complexity index is 901. The van der Waals surface area contributed by atoms with Crippen molar-refractivity contribution in [2.24, 2.45) is 4.99 Å². The second-order valence-electron chi connectivity index (χ2n) is 6.69. The highest BCUT2D eigenvalue weighted by molar-refractivity contribution is 8.14. The average Bonchev–Trinajstić information content (AvgIpc) is 3.14. The van der Waals surface area contributed by atoms with Crippen molar-refractivity contribution in [3.63, 3.8) is 0 Å². The number of ether oxygens (including phenoxy) is 1. The van der Waals surface area contributed by atoms with Gasteiger partial charge in [0.05, 0.1) is 30.2 Å². The molecule has 0 N–H and O–H groups in total. The smallest absolute Gasteiger partial charge is 0.164 e. The van der Waals surface area contributed by atoms with E-state index in [-0.39, 0.29) is 23.6 Å². The number of aliphatic imine (C=N–C) groups is 1. The molecule has 2 atom stereocenters. The van der Waals surface area contributed by atoms with Gasteiger partial charge in [-0.25, -0.2) is 8.42 Å². The van der Waals surface area contributed by atoms with Crippen LogP contribution in [-0.4, -0.2) is 49.5 Å². The molecule has 7 heteroatoms. The summed E-state index contributed by atoms with van der Waals surface area (Å²) in [5.74, 6) is 2.09. The van der Waals surface area contributed by atoms with Gasteiger partial charge in [-0.3, -0.25) is 4.99 Å². The molecule has 142 valence electrons. The molecule has 1 saturated heterocycles. The van der Waals surface area contributed by atoms with Gasteiger partial charge in [-0.15, -0.1) is 0 Å². The first-order valence-electron chi connectivity index (χ1n) is 9.05. The van der Waals surface area contributed by atoms with Gasteiger partial charge in [-0.05, 0) is 30.7 Å². The Kier molecular flexibility index (Phi) is 5.41. The number of thioether (sulfide) groups is 1. The Hall–Kier alpha value is -1.99. The van der Waals surface area contributed by atoms with Gasteiger partial charge in [-0.2, -0.15) is 0 Å². The van der Waals surface area contributed by atoms with Crippen LogP contribution in [-0.2, 0) is 9.84 Å². The average molecular weight is 403 g/mol. The van der Waals surface area contributed by atoms with Crippen LogP contribution < -0.4 is 9.64 Å². The number of nitrogens with zero attached hydrogens (tertiary/aromatic N) is 2. The van der Waals surface area contributed by atoms with Crippen LogP contribution in [0.4, 0.5) is 5.69 Å². The number of hydrogen-bond donors (Lipinski definition) is 0. The molecule has 2 aromatic rings. The van der Waals surface area contributed by atoms with E-state index in [1.54, 1.807) is 11.8 Å². The number of hydrogen-bond acceptors (Lipinski definition) is 6. The van der Waals surface area contributed by atoms with Crippen molar-refractivity contribution in [1.82, 2.24) is 0 Å². The lowest BCUT2D eigenvalue weighted by atomic mass is 10.1. The van der Waals surface area contributed by atoms with Gasteiger partial charge in [0, 0.05) is 11.4 Å². The fourth-order valence-corrected chi connectivity index (χ4v) is 6.33. The summed E-state index contributed by atoms with van der Waals surface area (Å²) in [6, 6.07) is 19.5. The molecule has 0 amide bonds. The third-order valence-corrected chi connectivity index (χ3v) is 7.43. The van der Waals surface area contributed by atoms with Crippen molar-refractivity contribution in [2.75, 3.05) is 28.8 Å². The molecule has 0 bridgehead atoms. The molecule has 0 saturated carbocycles. The van der Waals surface area contributed by atoms with Crippen LogP contribution in [0.3, 0.4) is 0 Å². The normalized spacial score (nSPS) is 23.1. The van der Waals surface area contributed by atoms with E-state index < -0.39 is 9.84 Å². The highest BCUT2D eigenvalue weighted by Crippen LogP contribution is 2.35. The first-order chi connectivity index (χ1) is 13.1. The zero-order chi connectivity index (χ0) is 18.7. The fraction of sp³-hybridized carbons (Fsp3) is 0.350. The number of benzene rings is 2. The van der Waals surface area contributed by atoms with Crippen LogP contribution in [0.15, 0.2) is 65.7 Å². The molecule has 2 heterocycles. The molecule has 2 aliphatic rings. The number of sulfone groups is 1. The monoisotopic (exact) mass is 402 g/mol. The topological polar surface area (TPSA) is 59.0 Å². The van der Waals surface area contributed by atoms with Crippen LogP contribution in [0.25, 0.3) is 0 Å². The highest BCUT2D eigenvalue weighted by atomic mass is 32.2. The first-order valence-corrected chi connectivity index (χ1v) is 11.9. The molecule has 0 unspecified atom stereocenters. The van der Waals surface area contributed by atoms with E-state index in [1.807, 2.05) is 60.7 Å². The molecule has 5 nitrogen and oxygen atoms in total. The van der Waals surface area contributed by atoms with E-state index >= 15 is 0 Å². The van der Waals surface area contributed by atoms with Gasteiger partial charge in [0.1, 0.15) is 5.75 Å². The maximum atomic E-state index is 12.0. The van der Waals surface area contributed by atoms with Crippen molar-refractivity contribution in [1.29, 1.82) is 0 Å². The predicted octanol–water partition coefficient (Wildman–Crippen LogP) is 3.23. The zero-order valence-electron chi connectivity index (χ0n) is 14.9. The second kappa shape index (κ2) is 7.94. The van der Waals surface area contributed by atoms with Crippen LogP contribution in [0.1, 0.15) is 6.42 Å². The number of anilines is 1. The molecule has 0 aromatic heterocycles. The lowest BCUT2D eigenvalue weighted by molar-refractivity contribution is 0.319. The summed E-state index contributed by atoms with van der Waals surface area (Å²) in [7, 11) is -3.01. The molecular formula is C20H22N2O3S2. The van der Waals surface area contributed by atoms with Crippen molar-refractivity contribution in [3.05, 3.63) is 60.7 Å². The maximum absolute atomic E-state index is 12.0. The van der Waals surface area contributed by atoms with E-state index in [4.69, 9.17) is 9.73 Å². The summed E-state index contributed by atoms with van der Waals surface area (Å²) in [6.07, 6.45) is 0.898. The Morgan fingerprint density at radius 1 is 1.04 bits per heavy atom. The molecule has 4 rings (SSSR count). The summed E-state index contributed by atoms with van der Waals surface area (Å²) < 4.78 is 29.8. The minimum atomic E-state index is -3.01. The second-order valence-corrected chi connectivity index (χ2v) is 9.91. The largest absolute Gasteiger partial charge is 0.494 e. The van der Waals surface area contributed by atoms with E-state index in [0.717, 1.165) is 28.8 Å². The molecule has 0 spiro atoms. The van der Waals surface area contributed by atoms with Crippen LogP contribution in [0, 0.1) is 0 Å². The van der Waals surface area contributed by atoms with Crippen molar-refractivity contribution < 1.29 is 13.2 Å². The fourth-order valence-electron chi connectivity index (χ4n) is 3.45. The molecule has 27 heavy (non-hydrogen) atoms. The number of fused-ring (bicyclic) bond motifs is 1. The Morgan fingerprint density at radius 3 is 2.48 bits per heavy atom. The molecule has 2 aromatic carbocycles. The molecule has 2 aliphatic heterocycles. The van der Waals surface area contributed by atoms with Gasteiger partial charge in [0.15, 0.2) is 15.0 Å². The summed E-state index contributed by atoms with van der Waals surface area (Å²) in [4.78, 5) is 6.85. The van der Waals surface area contributed by atoms with Gasteiger partial charge in [0.25, 0.3) is 0 Å². The van der Waals surface area contributed by atoms with Gasteiger partial charge >= 0.3 is 0 Å². The zero-order valence-corrected chi connectivity index (χ0v) is 16.5. The standard InChI is InChI=1S/C20H22N2O3S2/c23-27(24)14-18-19(15-27)22(16-8-3-1-4-9-16)20(21-18)26-13-7-12-25-17-10-5-2-6-11-17/h1-6,8-11,18-19H,7,12-15H2/t18-,19+/m1/s1. The predicted molar refractivity (Wildman–Crippen MR) is 112 cm³/mol. The molecule has 0 aliphatic carbocycles. The SMILES string of the molecule is O=S1(=O)C[C@H]2N=C(SCCCOc3ccccc3)N(c3ccccc3)[C@H]2C1. The number of para-hydroxylation sites is 2. The lowest BCUT2D eigenvalue weighted by Gasteiger charge is -2.26. The van der Waals surface area contributed by atoms with Gasteiger partial charge in [-0.1, -0.05) is 48.2 Å². The number of amidine groups is 1. The van der Waals surface area contributed by atoms with E-state index in [1.165, 1.54) is 0 Å². The summed E-state index contributed by atoms with van der Waals surface area (Å²) in [5.41, 5.74) is 1.01. The number of rotatable bonds is 6. The van der Waals surface area contributed by atoms with Crippen molar-refractivity contribution >= 4 is 32.5 Å². The van der Waals surface area contributed by atoms with Gasteiger partial charge < -0.3 is 9.64 Å². The van der Waals surface area contributed by atoms with E-state index in [0.29, 0.717) is 6.61 Å². The molecule has 1 fully saturated rings. The summed E-state index contributed by atoms with van der Waals surface area (Å²) in [5, 5.41) is 0.922. The van der Waals surface area contributed by atoms with Gasteiger partial charge in [0.2, 0.25) is 0 Å². The molecule has 0 radical (unpaired) electrons. The lowest BCUT2D eigenvalue weighted by Crippen LogP contribution is -2.39. The third-order valence-electron chi connectivity index (χ3n) is 4.67. The quantitative estimate of drug-likeness (QED) is 0.695. The van der Waals surface area contributed by atoms with Crippen LogP contribution >= 0.6 is 11.8 Å². The minimum absolute atomic E-state index is 0.0829. The van der Waals surface area contributed by atoms with E-state index in [9.17, 15) is 8.42 Å². The van der Waals surface area contributed by atoms with Crippen molar-refractivity contribution in [3.8, 4) is 5.75 Å². The Labute approximate surface area is 164 Å². The van der Waals surface area contributed by atoms with Crippen molar-refractivity contribution in [2.45, 2.75) is 18.5 Å². The Morgan fingerprint density at radius 2 is 1.74 bits per heavy atom.